The van der Waals surface area contributed by atoms with Crippen molar-refractivity contribution >= 4 is 17.5 Å². The van der Waals surface area contributed by atoms with Crippen LogP contribution in [0.15, 0.2) is 11.6 Å². The third-order valence-electron chi connectivity index (χ3n) is 9.41. The SMILES string of the molecule is CC(=O)OC1(C(C)=O)CCC2C3CC(C(F)(F)F)C4=CC(=O)CCC4(C)C3CCC21C. The van der Waals surface area contributed by atoms with Crippen LogP contribution in [0.3, 0.4) is 0 Å². The normalized spacial score (nSPS) is 44.6. The second-order valence-corrected chi connectivity index (χ2v) is 10.7. The third kappa shape index (κ3) is 3.05. The van der Waals surface area contributed by atoms with E-state index in [-0.39, 0.29) is 47.7 Å². The minimum atomic E-state index is -4.42. The van der Waals surface area contributed by atoms with Gasteiger partial charge in [-0.15, -0.1) is 0 Å². The highest BCUT2D eigenvalue weighted by Crippen LogP contribution is 2.70. The molecule has 7 unspecified atom stereocenters. The zero-order valence-corrected chi connectivity index (χ0v) is 18.6. The van der Waals surface area contributed by atoms with Crippen LogP contribution in [-0.2, 0) is 19.1 Å². The second-order valence-electron chi connectivity index (χ2n) is 10.7. The molecule has 4 aliphatic carbocycles. The molecule has 0 heterocycles. The predicted molar refractivity (Wildman–Crippen MR) is 107 cm³/mol. The number of hydrogen-bond donors (Lipinski definition) is 0. The molecule has 0 N–H and O–H groups in total. The average Bonchev–Trinajstić information content (AvgIpc) is 2.94. The van der Waals surface area contributed by atoms with Gasteiger partial charge in [-0.2, -0.15) is 13.2 Å². The van der Waals surface area contributed by atoms with E-state index in [1.807, 2.05) is 13.8 Å². The summed E-state index contributed by atoms with van der Waals surface area (Å²) in [6.45, 7) is 6.55. The first-order valence-electron chi connectivity index (χ1n) is 11.3. The Hall–Kier alpha value is -1.66. The summed E-state index contributed by atoms with van der Waals surface area (Å²) in [5.74, 6) is -2.92. The number of allylic oxidation sites excluding steroid dienone is 1. The first-order chi connectivity index (χ1) is 14.3. The van der Waals surface area contributed by atoms with Crippen LogP contribution in [0.25, 0.3) is 0 Å². The molecule has 0 aromatic heterocycles. The zero-order chi connectivity index (χ0) is 23.0. The Balaban J connectivity index is 1.79. The van der Waals surface area contributed by atoms with Gasteiger partial charge >= 0.3 is 12.1 Å². The number of fused-ring (bicyclic) bond motifs is 5. The second kappa shape index (κ2) is 6.92. The Kier molecular flexibility index (Phi) is 5.03. The molecule has 172 valence electrons. The zero-order valence-electron chi connectivity index (χ0n) is 18.6. The number of carbonyl (C=O) groups excluding carboxylic acids is 3. The maximum atomic E-state index is 14.2. The summed E-state index contributed by atoms with van der Waals surface area (Å²) in [6, 6.07) is 0. The first-order valence-corrected chi connectivity index (χ1v) is 11.3. The van der Waals surface area contributed by atoms with Crippen molar-refractivity contribution in [2.75, 3.05) is 0 Å². The van der Waals surface area contributed by atoms with Gasteiger partial charge < -0.3 is 4.74 Å². The molecule has 3 saturated carbocycles. The number of ether oxygens (including phenoxy) is 1. The summed E-state index contributed by atoms with van der Waals surface area (Å²) < 4.78 is 48.2. The lowest BCUT2D eigenvalue weighted by atomic mass is 9.44. The molecule has 0 saturated heterocycles. The van der Waals surface area contributed by atoms with Crippen LogP contribution in [0.1, 0.15) is 72.6 Å². The smallest absolute Gasteiger partial charge is 0.395 e. The largest absolute Gasteiger partial charge is 0.451 e. The number of carbonyl (C=O) groups is 3. The molecule has 4 rings (SSSR count). The van der Waals surface area contributed by atoms with Crippen molar-refractivity contribution in [2.45, 2.75) is 84.4 Å². The quantitative estimate of drug-likeness (QED) is 0.554. The van der Waals surface area contributed by atoms with Gasteiger partial charge in [0.05, 0.1) is 5.92 Å². The summed E-state index contributed by atoms with van der Waals surface area (Å²) in [5, 5.41) is 0. The van der Waals surface area contributed by atoms with Crippen LogP contribution in [0.5, 0.6) is 0 Å². The van der Waals surface area contributed by atoms with E-state index < -0.39 is 34.5 Å². The summed E-state index contributed by atoms with van der Waals surface area (Å²) >= 11 is 0. The summed E-state index contributed by atoms with van der Waals surface area (Å²) in [4.78, 5) is 36.7. The molecule has 7 atom stereocenters. The maximum Gasteiger partial charge on any atom is 0.395 e. The standard InChI is InChI=1S/C24H31F3O4/c1-13(28)23(31-14(2)29)10-7-18-16-12-20(24(25,26)27)19-11-15(30)5-8-21(19,3)17(16)6-9-22(18,23)4/h11,16-18,20H,5-10,12H2,1-4H3. The van der Waals surface area contributed by atoms with Crippen LogP contribution in [0, 0.1) is 34.5 Å². The van der Waals surface area contributed by atoms with Crippen molar-refractivity contribution < 1.29 is 32.3 Å². The molecule has 7 heteroatoms. The number of alkyl halides is 3. The molecule has 31 heavy (non-hydrogen) atoms. The summed E-state index contributed by atoms with van der Waals surface area (Å²) in [6.07, 6.45) is -0.257. The Morgan fingerprint density at radius 3 is 2.29 bits per heavy atom. The van der Waals surface area contributed by atoms with Gasteiger partial charge in [0, 0.05) is 18.8 Å². The van der Waals surface area contributed by atoms with Gasteiger partial charge in [0.15, 0.2) is 17.2 Å². The number of rotatable bonds is 2. The fourth-order valence-corrected chi connectivity index (χ4v) is 8.01. The van der Waals surface area contributed by atoms with E-state index in [2.05, 4.69) is 0 Å². The van der Waals surface area contributed by atoms with E-state index in [9.17, 15) is 27.6 Å². The van der Waals surface area contributed by atoms with Gasteiger partial charge in [0.1, 0.15) is 0 Å². The van der Waals surface area contributed by atoms with Crippen molar-refractivity contribution in [1.29, 1.82) is 0 Å². The maximum absolute atomic E-state index is 14.2. The van der Waals surface area contributed by atoms with Crippen LogP contribution < -0.4 is 0 Å². The van der Waals surface area contributed by atoms with Gasteiger partial charge in [-0.3, -0.25) is 14.4 Å². The molecule has 0 aliphatic heterocycles. The molecule has 4 nitrogen and oxygen atoms in total. The van der Waals surface area contributed by atoms with Gasteiger partial charge in [-0.05, 0) is 80.3 Å². The number of Topliss-reactive ketones (excluding diaryl/α,β-unsaturated/α-hetero) is 1. The lowest BCUT2D eigenvalue weighted by molar-refractivity contribution is -0.204. The topological polar surface area (TPSA) is 60.4 Å². The molecular weight excluding hydrogens is 409 g/mol. The van der Waals surface area contributed by atoms with E-state index >= 15 is 0 Å². The molecule has 0 spiro atoms. The molecule has 4 aliphatic rings. The molecule has 0 bridgehead atoms. The van der Waals surface area contributed by atoms with Crippen molar-refractivity contribution in [3.8, 4) is 0 Å². The number of halogens is 3. The van der Waals surface area contributed by atoms with E-state index in [1.54, 1.807) is 0 Å². The highest BCUT2D eigenvalue weighted by atomic mass is 19.4. The van der Waals surface area contributed by atoms with Crippen molar-refractivity contribution in [3.63, 3.8) is 0 Å². The minimum absolute atomic E-state index is 0.0311. The molecular formula is C24H31F3O4. The van der Waals surface area contributed by atoms with Crippen LogP contribution >= 0.6 is 0 Å². The van der Waals surface area contributed by atoms with Crippen LogP contribution in [-0.4, -0.2) is 29.3 Å². The molecule has 0 radical (unpaired) electrons. The van der Waals surface area contributed by atoms with Crippen molar-refractivity contribution in [1.82, 2.24) is 0 Å². The van der Waals surface area contributed by atoms with Gasteiger partial charge in [-0.25, -0.2) is 0 Å². The lowest BCUT2D eigenvalue weighted by Crippen LogP contribution is -2.60. The van der Waals surface area contributed by atoms with Gasteiger partial charge in [-0.1, -0.05) is 13.8 Å². The van der Waals surface area contributed by atoms with E-state index in [0.717, 1.165) is 0 Å². The highest BCUT2D eigenvalue weighted by molar-refractivity contribution is 5.92. The predicted octanol–water partition coefficient (Wildman–Crippen LogP) is 5.20. The van der Waals surface area contributed by atoms with Gasteiger partial charge in [0.25, 0.3) is 0 Å². The Bertz CT molecular complexity index is 861. The van der Waals surface area contributed by atoms with Gasteiger partial charge in [0.2, 0.25) is 0 Å². The molecule has 3 fully saturated rings. The lowest BCUT2D eigenvalue weighted by Gasteiger charge is -2.60. The fourth-order valence-electron chi connectivity index (χ4n) is 8.01. The van der Waals surface area contributed by atoms with Crippen molar-refractivity contribution in [3.05, 3.63) is 11.6 Å². The van der Waals surface area contributed by atoms with E-state index in [1.165, 1.54) is 19.9 Å². The summed E-state index contributed by atoms with van der Waals surface area (Å²) in [7, 11) is 0. The van der Waals surface area contributed by atoms with Crippen LogP contribution in [0.2, 0.25) is 0 Å². The monoisotopic (exact) mass is 440 g/mol. The average molecular weight is 441 g/mol. The van der Waals surface area contributed by atoms with E-state index in [4.69, 9.17) is 4.74 Å². The Morgan fingerprint density at radius 1 is 1.06 bits per heavy atom. The Labute approximate surface area is 181 Å². The Morgan fingerprint density at radius 2 is 1.71 bits per heavy atom. The number of ketones is 2. The van der Waals surface area contributed by atoms with Crippen molar-refractivity contribution in [2.24, 2.45) is 34.5 Å². The minimum Gasteiger partial charge on any atom is -0.451 e. The molecule has 0 amide bonds. The number of hydrogen-bond acceptors (Lipinski definition) is 4. The van der Waals surface area contributed by atoms with Crippen LogP contribution in [0.4, 0.5) is 13.2 Å². The number of esters is 1. The van der Waals surface area contributed by atoms with E-state index in [0.29, 0.717) is 32.1 Å². The molecule has 0 aromatic rings. The first kappa shape index (κ1) is 22.5. The summed E-state index contributed by atoms with van der Waals surface area (Å²) in [5.41, 5.74) is -2.34. The third-order valence-corrected chi connectivity index (χ3v) is 9.41. The fraction of sp³-hybridized carbons (Fsp3) is 0.792. The molecule has 0 aromatic carbocycles. The highest BCUT2D eigenvalue weighted by Gasteiger charge is 2.69.